The molecule has 0 aliphatic carbocycles. The zero-order valence-corrected chi connectivity index (χ0v) is 54.4. The van der Waals surface area contributed by atoms with Crippen molar-refractivity contribution in [2.45, 2.75) is 185 Å². The number of carboxylic acids is 2. The molecule has 2 aromatic rings. The van der Waals surface area contributed by atoms with Crippen LogP contribution in [0.3, 0.4) is 0 Å². The molecule has 0 aliphatic heterocycles. The number of imidazole rings is 1. The number of nitrogens with zero attached hydrogens (tertiary/aromatic N) is 1. The van der Waals surface area contributed by atoms with Crippen molar-refractivity contribution in [2.75, 3.05) is 32.8 Å². The number of imide groups is 1. The van der Waals surface area contributed by atoms with Gasteiger partial charge < -0.3 is 99.8 Å². The Balaban J connectivity index is 2.20. The number of nitrogens with two attached hydrogens (primary N) is 1. The van der Waals surface area contributed by atoms with Gasteiger partial charge in [-0.15, -0.1) is 0 Å². The van der Waals surface area contributed by atoms with Crippen LogP contribution in [0.5, 0.6) is 0 Å². The fraction of sp³-hybridized carbons (Fsp3) is 0.600. The lowest BCUT2D eigenvalue weighted by Gasteiger charge is -2.29. The molecular formula is C60H93N15O21. The highest BCUT2D eigenvalue weighted by Crippen LogP contribution is 2.14. The second-order valence-corrected chi connectivity index (χ2v) is 23.0. The van der Waals surface area contributed by atoms with Gasteiger partial charge in [0, 0.05) is 50.0 Å². The Morgan fingerprint density at radius 3 is 1.66 bits per heavy atom. The van der Waals surface area contributed by atoms with Crippen LogP contribution in [0.4, 0.5) is 0 Å². The van der Waals surface area contributed by atoms with Crippen molar-refractivity contribution in [3.05, 3.63) is 54.1 Å². The standard InChI is InChI=1S/C60H93N15O21/c1-7-13-43(80)64-22-12-11-16-36(51(61)87)21-23-63-41(28-76)56(92)73-48(31(2)3)59(95)70-40(25-47(85)86)54(90)71-42(29-77)57(93)75-50(34(6)79)60(96)69-39(24-35-14-9-8-10-15-35)55(91)74-49(33(5)78)58(94)65-27-45(82)68-38(18-20-46(83)84)53(89)67-32(4)52(88)72-44(81)19-17-37-26-62-30-66-37/h8-10,14-15,26,30-34,36,38-42,48-50,63,76-79H,7,11-13,16-25,27-29H2,1-6H3,(H2,61,87)(H,62,66)(H,64,80)(H,65,94)(H,67,89)(H,68,82)(H,69,96)(H,70,95)(H,71,90)(H,73,92)(H,74,91)(H,75,93)(H,83,84)(H,85,86)(H,72,81,88)/t32-,33+,34+,36+,38?,39-,40?,41?,42-,48-,49-,50-/m0/s1. The maximum Gasteiger partial charge on any atom is 0.305 e. The predicted molar refractivity (Wildman–Crippen MR) is 337 cm³/mol. The van der Waals surface area contributed by atoms with Crippen LogP contribution in [0.2, 0.25) is 0 Å². The minimum Gasteiger partial charge on any atom is -0.481 e. The van der Waals surface area contributed by atoms with Gasteiger partial charge in [0.25, 0.3) is 0 Å². The summed E-state index contributed by atoms with van der Waals surface area (Å²) in [6.45, 7) is 5.65. The monoisotopic (exact) mass is 1360 g/mol. The summed E-state index contributed by atoms with van der Waals surface area (Å²) in [5, 5.41) is 88.9. The summed E-state index contributed by atoms with van der Waals surface area (Å²) >= 11 is 0. The molecule has 0 aliphatic rings. The lowest BCUT2D eigenvalue weighted by molar-refractivity contribution is -0.142. The Kier molecular flexibility index (Phi) is 37.4. The van der Waals surface area contributed by atoms with Crippen LogP contribution in [0, 0.1) is 11.8 Å². The maximum absolute atomic E-state index is 14.1. The number of carbonyl (C=O) groups is 15. The van der Waals surface area contributed by atoms with Crippen LogP contribution in [0.1, 0.15) is 117 Å². The summed E-state index contributed by atoms with van der Waals surface area (Å²) in [5.74, 6) is -17.2. The van der Waals surface area contributed by atoms with Crippen LogP contribution in [-0.4, -0.2) is 229 Å². The molecule has 1 heterocycles. The molecule has 12 atom stereocenters. The highest BCUT2D eigenvalue weighted by molar-refractivity contribution is 6.01. The lowest BCUT2D eigenvalue weighted by Crippen LogP contribution is -2.63. The van der Waals surface area contributed by atoms with Crippen LogP contribution in [0.25, 0.3) is 0 Å². The Hall–Kier alpha value is -9.52. The van der Waals surface area contributed by atoms with Crippen LogP contribution >= 0.6 is 0 Å². The molecule has 0 bridgehead atoms. The number of primary amides is 1. The quantitative estimate of drug-likeness (QED) is 0.0274. The Bertz CT molecular complexity index is 2930. The van der Waals surface area contributed by atoms with Crippen molar-refractivity contribution >= 4 is 88.7 Å². The summed E-state index contributed by atoms with van der Waals surface area (Å²) in [4.78, 5) is 202. The van der Waals surface area contributed by atoms with E-state index in [0.29, 0.717) is 49.9 Å². The molecule has 0 radical (unpaired) electrons. The molecule has 36 heteroatoms. The molecule has 0 saturated heterocycles. The van der Waals surface area contributed by atoms with Crippen molar-refractivity contribution in [3.63, 3.8) is 0 Å². The van der Waals surface area contributed by atoms with E-state index in [1.54, 1.807) is 30.3 Å². The molecule has 0 spiro atoms. The summed E-state index contributed by atoms with van der Waals surface area (Å²) in [5.41, 5.74) is 6.61. The smallest absolute Gasteiger partial charge is 0.305 e. The number of carbonyl (C=O) groups excluding carboxylic acids is 13. The number of aryl methyl sites for hydroxylation is 1. The highest BCUT2D eigenvalue weighted by atomic mass is 16.4. The van der Waals surface area contributed by atoms with E-state index < -0.39 is 200 Å². The van der Waals surface area contributed by atoms with Gasteiger partial charge >= 0.3 is 11.9 Å². The first-order valence-electron chi connectivity index (χ1n) is 31.2. The van der Waals surface area contributed by atoms with E-state index in [1.807, 2.05) is 6.92 Å². The van der Waals surface area contributed by atoms with Gasteiger partial charge in [-0.25, -0.2) is 4.98 Å². The van der Waals surface area contributed by atoms with Crippen molar-refractivity contribution in [1.29, 1.82) is 0 Å². The van der Waals surface area contributed by atoms with E-state index in [2.05, 4.69) is 73.8 Å². The first-order valence-corrected chi connectivity index (χ1v) is 31.2. The molecule has 1 aromatic carbocycles. The average molecular weight is 1360 g/mol. The van der Waals surface area contributed by atoms with Gasteiger partial charge in [-0.1, -0.05) is 57.5 Å². The molecule has 21 N–H and O–H groups in total. The number of hydrogen-bond donors (Lipinski definition) is 20. The number of carboxylic acid groups (broad SMARTS) is 2. The minimum absolute atomic E-state index is 0.0125. The molecular weight excluding hydrogens is 1270 g/mol. The molecule has 13 amide bonds. The number of aliphatic hydroxyl groups is 4. The number of H-pyrrole nitrogens is 1. The molecule has 3 unspecified atom stereocenters. The topological polar surface area (TPSA) is 576 Å². The van der Waals surface area contributed by atoms with Crippen molar-refractivity contribution < 1.29 is 103 Å². The molecule has 0 saturated carbocycles. The van der Waals surface area contributed by atoms with E-state index in [1.165, 1.54) is 33.3 Å². The number of benzene rings is 1. The van der Waals surface area contributed by atoms with Gasteiger partial charge in [-0.2, -0.15) is 0 Å². The van der Waals surface area contributed by atoms with E-state index in [4.69, 9.17) is 5.73 Å². The second kappa shape index (κ2) is 43.5. The number of hydrogen-bond acceptors (Lipinski definition) is 21. The van der Waals surface area contributed by atoms with Gasteiger partial charge in [-0.3, -0.25) is 77.2 Å². The minimum atomic E-state index is -2.03. The summed E-state index contributed by atoms with van der Waals surface area (Å²) < 4.78 is 0. The predicted octanol–water partition coefficient (Wildman–Crippen LogP) is -6.48. The Labute approximate surface area is 553 Å². The fourth-order valence-electron chi connectivity index (χ4n) is 9.12. The number of aliphatic carboxylic acids is 2. The fourth-order valence-corrected chi connectivity index (χ4v) is 9.12. The summed E-state index contributed by atoms with van der Waals surface area (Å²) in [7, 11) is 0. The number of aromatic amines is 1. The van der Waals surface area contributed by atoms with Gasteiger partial charge in [0.2, 0.25) is 76.8 Å². The van der Waals surface area contributed by atoms with Gasteiger partial charge in [0.15, 0.2) is 0 Å². The number of aliphatic hydroxyl groups excluding tert-OH is 4. The maximum atomic E-state index is 14.1. The number of unbranched alkanes of at least 4 members (excludes halogenated alkanes) is 1. The van der Waals surface area contributed by atoms with Crippen molar-refractivity contribution in [2.24, 2.45) is 17.6 Å². The van der Waals surface area contributed by atoms with E-state index in [9.17, 15) is 103 Å². The van der Waals surface area contributed by atoms with Crippen molar-refractivity contribution in [3.8, 4) is 0 Å². The molecule has 534 valence electrons. The molecule has 1 aromatic heterocycles. The van der Waals surface area contributed by atoms with Crippen LogP contribution in [-0.2, 0) is 84.8 Å². The van der Waals surface area contributed by atoms with Crippen LogP contribution in [0.15, 0.2) is 42.9 Å². The van der Waals surface area contributed by atoms with E-state index >= 15 is 0 Å². The second-order valence-electron chi connectivity index (χ2n) is 23.0. The first-order chi connectivity index (χ1) is 45.3. The first kappa shape index (κ1) is 82.6. The number of nitrogens with one attached hydrogen (secondary N) is 13. The third-order valence-corrected chi connectivity index (χ3v) is 14.6. The average Bonchev–Trinajstić information content (AvgIpc) is 0.947. The van der Waals surface area contributed by atoms with Crippen molar-refractivity contribution in [1.82, 2.24) is 73.8 Å². The number of aromatic nitrogens is 2. The third-order valence-electron chi connectivity index (χ3n) is 14.6. The van der Waals surface area contributed by atoms with Gasteiger partial charge in [0.05, 0.1) is 44.7 Å². The van der Waals surface area contributed by atoms with E-state index in [-0.39, 0.29) is 38.1 Å². The molecule has 36 nitrogen and oxygen atoms in total. The summed E-state index contributed by atoms with van der Waals surface area (Å²) in [6, 6.07) is -7.57. The Morgan fingerprint density at radius 1 is 0.531 bits per heavy atom. The zero-order valence-electron chi connectivity index (χ0n) is 54.4. The lowest BCUT2D eigenvalue weighted by atomic mass is 9.97. The third kappa shape index (κ3) is 31.1. The summed E-state index contributed by atoms with van der Waals surface area (Å²) in [6.07, 6.45) is -0.456. The number of amides is 13. The molecule has 0 fully saturated rings. The molecule has 96 heavy (non-hydrogen) atoms. The number of rotatable bonds is 46. The van der Waals surface area contributed by atoms with E-state index in [0.717, 1.165) is 13.8 Å². The largest absolute Gasteiger partial charge is 0.481 e. The SMILES string of the molecule is CCCC(=O)NCCCC[C@H](CCNC(CO)C(=O)N[C@H](C(=O)NC(CC(=O)O)C(=O)N[C@@H](CO)C(=O)N[C@H](C(=O)N[C@@H](Cc1ccccc1)C(=O)N[C@H](C(=O)NCC(=O)NC(CCC(=O)O)C(=O)N[C@@H](C)C(=O)NC(=O)CCc1cnc[nH]1)[C@@H](C)O)[C@@H](C)O)C(C)C)C(N)=O. The normalized spacial score (nSPS) is 14.8. The van der Waals surface area contributed by atoms with Crippen LogP contribution < -0.4 is 69.5 Å². The Morgan fingerprint density at radius 2 is 1.09 bits per heavy atom. The zero-order chi connectivity index (χ0) is 72.2. The van der Waals surface area contributed by atoms with Gasteiger partial charge in [0.1, 0.15) is 54.4 Å². The highest BCUT2D eigenvalue weighted by Gasteiger charge is 2.38. The van der Waals surface area contributed by atoms with Gasteiger partial charge in [-0.05, 0) is 77.3 Å². The molecule has 2 rings (SSSR count).